The molecule has 0 atom stereocenters. The molecule has 0 heterocycles. The van der Waals surface area contributed by atoms with E-state index >= 15 is 0 Å². The minimum atomic E-state index is -3.59. The maximum absolute atomic E-state index is 11.8. The molecule has 1 aromatic rings. The molecule has 16 heavy (non-hydrogen) atoms. The fourth-order valence-corrected chi connectivity index (χ4v) is 2.07. The van der Waals surface area contributed by atoms with Gasteiger partial charge in [0.1, 0.15) is 0 Å². The van der Waals surface area contributed by atoms with Crippen LogP contribution in [0.2, 0.25) is 0 Å². The lowest BCUT2D eigenvalue weighted by molar-refractivity contribution is -0.0357. The predicted molar refractivity (Wildman–Crippen MR) is 62.3 cm³/mol. The number of aryl methyl sites for hydroxylation is 1. The van der Waals surface area contributed by atoms with Crippen LogP contribution >= 0.6 is 0 Å². The molecule has 0 aliphatic rings. The molecule has 90 valence electrons. The Morgan fingerprint density at radius 3 is 2.38 bits per heavy atom. The second-order valence-corrected chi connectivity index (χ2v) is 6.26. The molecule has 0 amide bonds. The van der Waals surface area contributed by atoms with Crippen LogP contribution < -0.4 is 4.89 Å². The third kappa shape index (κ3) is 3.92. The van der Waals surface area contributed by atoms with Crippen LogP contribution in [0.3, 0.4) is 0 Å². The Labute approximate surface area is 96.6 Å². The van der Waals surface area contributed by atoms with E-state index in [1.807, 2.05) is 13.0 Å². The van der Waals surface area contributed by atoms with E-state index in [0.717, 1.165) is 5.56 Å². The van der Waals surface area contributed by atoms with E-state index in [-0.39, 0.29) is 4.90 Å². The number of hydrogen-bond donors (Lipinski definition) is 1. The summed E-state index contributed by atoms with van der Waals surface area (Å²) in [6.45, 7) is 7.15. The summed E-state index contributed by atoms with van der Waals surface area (Å²) in [4.78, 5) is 7.37. The molecule has 0 aliphatic heterocycles. The molecule has 1 rings (SSSR count). The van der Waals surface area contributed by atoms with E-state index < -0.39 is 15.6 Å². The molecule has 0 spiro atoms. The van der Waals surface area contributed by atoms with Gasteiger partial charge < -0.3 is 0 Å². The zero-order valence-electron chi connectivity index (χ0n) is 9.94. The van der Waals surface area contributed by atoms with Crippen molar-refractivity contribution in [3.8, 4) is 0 Å². The topological polar surface area (TPSA) is 55.4 Å². The van der Waals surface area contributed by atoms with Gasteiger partial charge in [0.05, 0.1) is 10.5 Å². The highest BCUT2D eigenvalue weighted by atomic mass is 32.2. The van der Waals surface area contributed by atoms with Crippen LogP contribution in [0.5, 0.6) is 0 Å². The van der Waals surface area contributed by atoms with Crippen molar-refractivity contribution in [2.24, 2.45) is 0 Å². The third-order valence-electron chi connectivity index (χ3n) is 1.76. The van der Waals surface area contributed by atoms with Gasteiger partial charge >= 0.3 is 0 Å². The molecular weight excluding hydrogens is 226 g/mol. The SMILES string of the molecule is Cc1cccc(S(=O)(=O)NOC(C)(C)C)c1. The van der Waals surface area contributed by atoms with Crippen molar-refractivity contribution in [2.45, 2.75) is 38.2 Å². The molecule has 5 heteroatoms. The molecule has 0 saturated carbocycles. The van der Waals surface area contributed by atoms with Gasteiger partial charge in [0.25, 0.3) is 10.0 Å². The summed E-state index contributed by atoms with van der Waals surface area (Å²) in [7, 11) is -3.59. The zero-order chi connectivity index (χ0) is 12.4. The average molecular weight is 243 g/mol. The van der Waals surface area contributed by atoms with Gasteiger partial charge in [0.15, 0.2) is 0 Å². The normalized spacial score (nSPS) is 12.8. The maximum Gasteiger partial charge on any atom is 0.262 e. The number of hydrogen-bond acceptors (Lipinski definition) is 3. The Balaban J connectivity index is 2.87. The first-order valence-corrected chi connectivity index (χ1v) is 6.45. The third-order valence-corrected chi connectivity index (χ3v) is 2.93. The number of sulfonamides is 1. The van der Waals surface area contributed by atoms with Gasteiger partial charge in [0, 0.05) is 0 Å². The zero-order valence-corrected chi connectivity index (χ0v) is 10.8. The second kappa shape index (κ2) is 4.53. The summed E-state index contributed by atoms with van der Waals surface area (Å²) in [6.07, 6.45) is 0. The van der Waals surface area contributed by atoms with Gasteiger partial charge in [-0.15, -0.1) is 0 Å². The van der Waals surface area contributed by atoms with E-state index in [4.69, 9.17) is 4.84 Å². The summed E-state index contributed by atoms with van der Waals surface area (Å²) in [6, 6.07) is 6.65. The number of rotatable bonds is 3. The average Bonchev–Trinajstić information content (AvgIpc) is 2.14. The summed E-state index contributed by atoms with van der Waals surface area (Å²) in [5, 5.41) is 0. The highest BCUT2D eigenvalue weighted by molar-refractivity contribution is 7.89. The van der Waals surface area contributed by atoms with E-state index in [1.165, 1.54) is 6.07 Å². The molecule has 0 radical (unpaired) electrons. The first-order valence-electron chi connectivity index (χ1n) is 4.97. The minimum Gasteiger partial charge on any atom is -0.281 e. The summed E-state index contributed by atoms with van der Waals surface area (Å²) in [5.74, 6) is 0. The molecule has 0 bridgehead atoms. The molecule has 0 fully saturated rings. The minimum absolute atomic E-state index is 0.205. The highest BCUT2D eigenvalue weighted by Crippen LogP contribution is 2.12. The maximum atomic E-state index is 11.8. The standard InChI is InChI=1S/C11H17NO3S/c1-9-6-5-7-10(8-9)16(13,14)12-15-11(2,3)4/h5-8,12H,1-4H3. The van der Waals surface area contributed by atoms with Gasteiger partial charge in [-0.3, -0.25) is 4.84 Å². The van der Waals surface area contributed by atoms with Crippen LogP contribution in [0.1, 0.15) is 26.3 Å². The van der Waals surface area contributed by atoms with Crippen LogP contribution in [0.25, 0.3) is 0 Å². The second-order valence-electron chi connectivity index (χ2n) is 4.62. The lowest BCUT2D eigenvalue weighted by Crippen LogP contribution is -2.33. The Kier molecular flexibility index (Phi) is 3.72. The van der Waals surface area contributed by atoms with E-state index in [1.54, 1.807) is 32.9 Å². The fourth-order valence-electron chi connectivity index (χ4n) is 1.01. The molecule has 0 aromatic heterocycles. The van der Waals surface area contributed by atoms with E-state index in [0.29, 0.717) is 0 Å². The quantitative estimate of drug-likeness (QED) is 0.826. The van der Waals surface area contributed by atoms with Crippen molar-refractivity contribution in [3.63, 3.8) is 0 Å². The molecule has 0 aliphatic carbocycles. The summed E-state index contributed by atoms with van der Waals surface area (Å²) in [5.41, 5.74) is 0.329. The van der Waals surface area contributed by atoms with Gasteiger partial charge in [-0.25, -0.2) is 8.42 Å². The summed E-state index contributed by atoms with van der Waals surface area (Å²) < 4.78 is 23.6. The Morgan fingerprint density at radius 2 is 1.88 bits per heavy atom. The van der Waals surface area contributed by atoms with Gasteiger partial charge in [-0.2, -0.15) is 0 Å². The van der Waals surface area contributed by atoms with Gasteiger partial charge in [0.2, 0.25) is 0 Å². The Morgan fingerprint density at radius 1 is 1.25 bits per heavy atom. The first-order chi connectivity index (χ1) is 7.21. The van der Waals surface area contributed by atoms with Crippen molar-refractivity contribution in [3.05, 3.63) is 29.8 Å². The largest absolute Gasteiger partial charge is 0.281 e. The molecular formula is C11H17NO3S. The van der Waals surface area contributed by atoms with E-state index in [2.05, 4.69) is 4.89 Å². The van der Waals surface area contributed by atoms with Crippen LogP contribution in [-0.2, 0) is 14.9 Å². The van der Waals surface area contributed by atoms with Crippen LogP contribution in [0.4, 0.5) is 0 Å². The summed E-state index contributed by atoms with van der Waals surface area (Å²) >= 11 is 0. The van der Waals surface area contributed by atoms with Gasteiger partial charge in [-0.1, -0.05) is 17.0 Å². The lowest BCUT2D eigenvalue weighted by atomic mass is 10.2. The monoisotopic (exact) mass is 243 g/mol. The van der Waals surface area contributed by atoms with Crippen LogP contribution in [0, 0.1) is 6.92 Å². The molecule has 1 aromatic carbocycles. The van der Waals surface area contributed by atoms with Crippen molar-refractivity contribution in [1.29, 1.82) is 0 Å². The van der Waals surface area contributed by atoms with Crippen molar-refractivity contribution >= 4 is 10.0 Å². The van der Waals surface area contributed by atoms with Crippen molar-refractivity contribution in [1.82, 2.24) is 4.89 Å². The molecule has 0 unspecified atom stereocenters. The lowest BCUT2D eigenvalue weighted by Gasteiger charge is -2.19. The van der Waals surface area contributed by atoms with E-state index in [9.17, 15) is 8.42 Å². The smallest absolute Gasteiger partial charge is 0.262 e. The highest BCUT2D eigenvalue weighted by Gasteiger charge is 2.18. The molecule has 0 saturated heterocycles. The van der Waals surface area contributed by atoms with Gasteiger partial charge in [-0.05, 0) is 45.4 Å². The molecule has 1 N–H and O–H groups in total. The fraction of sp³-hybridized carbons (Fsp3) is 0.455. The number of nitrogens with one attached hydrogen (secondary N) is 1. The van der Waals surface area contributed by atoms with Crippen LogP contribution in [0.15, 0.2) is 29.2 Å². The van der Waals surface area contributed by atoms with Crippen molar-refractivity contribution in [2.75, 3.05) is 0 Å². The van der Waals surface area contributed by atoms with Crippen molar-refractivity contribution < 1.29 is 13.3 Å². The first kappa shape index (κ1) is 13.2. The Hall–Kier alpha value is -0.910. The van der Waals surface area contributed by atoms with Crippen LogP contribution in [-0.4, -0.2) is 14.0 Å². The molecule has 4 nitrogen and oxygen atoms in total. The number of benzene rings is 1. The predicted octanol–water partition coefficient (Wildman–Crippen LogP) is 2.00. The Bertz CT molecular complexity index is 460.